The number of hydrazine groups is 2. The number of nitrogens with two attached hydrogens (primary N) is 4. The van der Waals surface area contributed by atoms with Crippen LogP contribution in [0, 0.1) is 0 Å². The molecule has 0 unspecified atom stereocenters. The van der Waals surface area contributed by atoms with Crippen LogP contribution in [-0.4, -0.2) is 36.9 Å². The van der Waals surface area contributed by atoms with Crippen molar-refractivity contribution in [1.29, 1.82) is 0 Å². The predicted octanol–water partition coefficient (Wildman–Crippen LogP) is 1.96. The van der Waals surface area contributed by atoms with Crippen molar-refractivity contribution in [2.75, 3.05) is 13.1 Å². The van der Waals surface area contributed by atoms with Crippen molar-refractivity contribution in [2.24, 2.45) is 42.9 Å². The van der Waals surface area contributed by atoms with Crippen molar-refractivity contribution in [2.45, 2.75) is 25.7 Å². The first-order valence-corrected chi connectivity index (χ1v) is 11.9. The first-order chi connectivity index (χ1) is 17.3. The summed E-state index contributed by atoms with van der Waals surface area (Å²) in [6.45, 7) is 1.16. The minimum Gasteiger partial charge on any atom is -0.369 e. The number of nitrogens with zero attached hydrogens (tertiary/aromatic N) is 4. The molecule has 0 spiro atoms. The van der Waals surface area contributed by atoms with E-state index in [4.69, 9.17) is 46.1 Å². The van der Waals surface area contributed by atoms with Gasteiger partial charge in [0.25, 0.3) is 0 Å². The second-order valence-electron chi connectivity index (χ2n) is 7.40. The van der Waals surface area contributed by atoms with Gasteiger partial charge in [-0.2, -0.15) is 0 Å². The topological polar surface area (TPSA) is 202 Å². The van der Waals surface area contributed by atoms with Gasteiger partial charge in [-0.15, -0.1) is 0 Å². The zero-order valence-corrected chi connectivity index (χ0v) is 21.2. The highest BCUT2D eigenvalue weighted by atomic mass is 35.5. The van der Waals surface area contributed by atoms with E-state index in [-0.39, 0.29) is 23.8 Å². The Hall–Kier alpha value is -3.90. The van der Waals surface area contributed by atoms with Gasteiger partial charge in [-0.3, -0.25) is 31.7 Å². The van der Waals surface area contributed by atoms with Gasteiger partial charge in [0.2, 0.25) is 23.8 Å². The number of aliphatic imine (C=N–C) groups is 4. The summed E-state index contributed by atoms with van der Waals surface area (Å²) in [6.07, 6.45) is 3.72. The van der Waals surface area contributed by atoms with Crippen molar-refractivity contribution >= 4 is 58.4 Å². The molecule has 0 aromatic heterocycles. The number of hydrogen-bond acceptors (Lipinski definition) is 4. The largest absolute Gasteiger partial charge is 0.369 e. The normalized spacial score (nSPS) is 12.8. The molecule has 2 aromatic rings. The van der Waals surface area contributed by atoms with E-state index >= 15 is 0 Å². The Labute approximate surface area is 220 Å². The van der Waals surface area contributed by atoms with Crippen LogP contribution in [0.4, 0.5) is 11.4 Å². The van der Waals surface area contributed by atoms with Gasteiger partial charge in [-0.05, 0) is 61.4 Å². The van der Waals surface area contributed by atoms with E-state index in [1.165, 1.54) is 0 Å². The fraction of sp³-hybridized carbons (Fsp3) is 0.273. The lowest BCUT2D eigenvalue weighted by atomic mass is 10.2. The fourth-order valence-corrected chi connectivity index (χ4v) is 2.93. The zero-order valence-electron chi connectivity index (χ0n) is 19.7. The van der Waals surface area contributed by atoms with E-state index in [9.17, 15) is 0 Å². The van der Waals surface area contributed by atoms with Gasteiger partial charge in [-0.25, -0.2) is 9.98 Å². The second-order valence-corrected chi connectivity index (χ2v) is 8.27. The van der Waals surface area contributed by atoms with Crippen LogP contribution >= 0.6 is 23.2 Å². The molecular formula is C22H32Cl2N12. The van der Waals surface area contributed by atoms with Crippen LogP contribution in [0.3, 0.4) is 0 Å². The highest BCUT2D eigenvalue weighted by molar-refractivity contribution is 6.30. The number of unbranched alkanes of at least 4 members (excludes halogenated alkanes) is 3. The molecule has 0 saturated carbocycles. The van der Waals surface area contributed by atoms with Crippen molar-refractivity contribution < 1.29 is 0 Å². The Kier molecular flexibility index (Phi) is 12.5. The molecule has 0 saturated heterocycles. The Morgan fingerprint density at radius 3 is 1.22 bits per heavy atom. The zero-order chi connectivity index (χ0) is 26.2. The van der Waals surface area contributed by atoms with Gasteiger partial charge < -0.3 is 22.9 Å². The molecule has 0 atom stereocenters. The maximum atomic E-state index is 5.84. The quantitative estimate of drug-likeness (QED) is 0.103. The highest BCUT2D eigenvalue weighted by Crippen LogP contribution is 2.16. The van der Waals surface area contributed by atoms with E-state index in [0.29, 0.717) is 34.5 Å². The standard InChI is InChI=1S/C22H32Cl2N12/c23-15-5-9-17(10-6-15)31-21(27)35-33-19(25)29-13-3-1-2-4-14-30-20(26)34-36-22(28)32-18-11-7-16(24)8-12-18/h5-12H,1-4,13-14H2,(H3,25,29,33)(H3,26,30,34)(H3,27,31,35)(H3,28,32,36). The molecule has 2 rings (SSSR count). The number of nitrogens with one attached hydrogen (secondary N) is 4. The number of rotatable bonds is 9. The van der Waals surface area contributed by atoms with Crippen LogP contribution in [0.1, 0.15) is 25.7 Å². The van der Waals surface area contributed by atoms with Gasteiger partial charge in [0.05, 0.1) is 11.4 Å². The van der Waals surface area contributed by atoms with E-state index in [2.05, 4.69) is 41.7 Å². The van der Waals surface area contributed by atoms with E-state index in [1.807, 2.05) is 0 Å². The smallest absolute Gasteiger partial charge is 0.212 e. The van der Waals surface area contributed by atoms with E-state index in [0.717, 1.165) is 25.7 Å². The predicted molar refractivity (Wildman–Crippen MR) is 149 cm³/mol. The van der Waals surface area contributed by atoms with Crippen molar-refractivity contribution in [3.63, 3.8) is 0 Å². The summed E-state index contributed by atoms with van der Waals surface area (Å²) in [5.41, 5.74) is 35.3. The lowest BCUT2D eigenvalue weighted by Gasteiger charge is -2.08. The number of hydrogen-bond donors (Lipinski definition) is 8. The summed E-state index contributed by atoms with van der Waals surface area (Å²) >= 11 is 11.7. The Morgan fingerprint density at radius 1 is 0.528 bits per heavy atom. The summed E-state index contributed by atoms with van der Waals surface area (Å²) in [4.78, 5) is 16.8. The van der Waals surface area contributed by atoms with E-state index in [1.54, 1.807) is 48.5 Å². The van der Waals surface area contributed by atoms with Gasteiger partial charge in [0, 0.05) is 23.1 Å². The fourth-order valence-electron chi connectivity index (χ4n) is 2.68. The Balaban J connectivity index is 1.53. The van der Waals surface area contributed by atoms with Crippen LogP contribution in [0.15, 0.2) is 68.5 Å². The molecule has 0 amide bonds. The molecule has 14 heteroatoms. The molecule has 0 radical (unpaired) electrons. The summed E-state index contributed by atoms with van der Waals surface area (Å²) < 4.78 is 0. The minimum absolute atomic E-state index is 0.150. The molecular weight excluding hydrogens is 503 g/mol. The number of guanidine groups is 4. The molecule has 0 aliphatic heterocycles. The average Bonchev–Trinajstić information content (AvgIpc) is 2.86. The van der Waals surface area contributed by atoms with Crippen molar-refractivity contribution in [1.82, 2.24) is 21.7 Å². The molecule has 12 N–H and O–H groups in total. The summed E-state index contributed by atoms with van der Waals surface area (Å²) in [7, 11) is 0. The van der Waals surface area contributed by atoms with Gasteiger partial charge in [0.15, 0.2) is 0 Å². The molecule has 0 bridgehead atoms. The third-order valence-corrected chi connectivity index (χ3v) is 4.92. The molecule has 0 aliphatic carbocycles. The molecule has 0 heterocycles. The molecule has 12 nitrogen and oxygen atoms in total. The van der Waals surface area contributed by atoms with Gasteiger partial charge in [0.1, 0.15) is 0 Å². The molecule has 36 heavy (non-hydrogen) atoms. The van der Waals surface area contributed by atoms with Crippen molar-refractivity contribution in [3.8, 4) is 0 Å². The summed E-state index contributed by atoms with van der Waals surface area (Å²) in [5.74, 6) is 0.742. The summed E-state index contributed by atoms with van der Waals surface area (Å²) in [6, 6.07) is 13.9. The van der Waals surface area contributed by atoms with Crippen LogP contribution in [0.25, 0.3) is 0 Å². The third-order valence-electron chi connectivity index (χ3n) is 4.42. The Bertz CT molecular complexity index is 964. The summed E-state index contributed by atoms with van der Waals surface area (Å²) in [5, 5.41) is 1.25. The van der Waals surface area contributed by atoms with Crippen LogP contribution in [-0.2, 0) is 0 Å². The maximum absolute atomic E-state index is 5.84. The van der Waals surface area contributed by atoms with Crippen LogP contribution < -0.4 is 44.6 Å². The van der Waals surface area contributed by atoms with Crippen molar-refractivity contribution in [3.05, 3.63) is 58.6 Å². The number of halogens is 2. The number of benzene rings is 2. The lowest BCUT2D eigenvalue weighted by Crippen LogP contribution is -2.48. The first-order valence-electron chi connectivity index (χ1n) is 11.1. The third kappa shape index (κ3) is 12.5. The maximum Gasteiger partial charge on any atom is 0.212 e. The molecule has 0 fully saturated rings. The van der Waals surface area contributed by atoms with Crippen LogP contribution in [0.2, 0.25) is 10.0 Å². The molecule has 2 aromatic carbocycles. The first kappa shape index (κ1) is 28.3. The second kappa shape index (κ2) is 15.9. The lowest BCUT2D eigenvalue weighted by molar-refractivity contribution is 0.650. The molecule has 194 valence electrons. The monoisotopic (exact) mass is 534 g/mol. The molecule has 0 aliphatic rings. The van der Waals surface area contributed by atoms with Gasteiger partial charge in [-0.1, -0.05) is 36.0 Å². The van der Waals surface area contributed by atoms with Gasteiger partial charge >= 0.3 is 0 Å². The van der Waals surface area contributed by atoms with E-state index < -0.39 is 0 Å². The van der Waals surface area contributed by atoms with Crippen LogP contribution in [0.5, 0.6) is 0 Å². The highest BCUT2D eigenvalue weighted by Gasteiger charge is 1.97. The minimum atomic E-state index is 0.150. The SMILES string of the molecule is NC(=NCCCCCCN=C(N)NNC(N)=Nc1ccc(Cl)cc1)NNC(N)=Nc1ccc(Cl)cc1. The Morgan fingerprint density at radius 2 is 0.861 bits per heavy atom. The average molecular weight is 535 g/mol.